The lowest BCUT2D eigenvalue weighted by atomic mass is 9.89. The molecule has 3 aromatic carbocycles. The van der Waals surface area contributed by atoms with Crippen LogP contribution in [0.1, 0.15) is 162 Å². The van der Waals surface area contributed by atoms with Crippen LogP contribution in [0, 0.1) is 65.8 Å². The fourth-order valence-electron chi connectivity index (χ4n) is 17.5. The van der Waals surface area contributed by atoms with Crippen LogP contribution in [0.5, 0.6) is 0 Å². The minimum atomic E-state index is -4.23. The van der Waals surface area contributed by atoms with Crippen molar-refractivity contribution >= 4 is 91.9 Å². The lowest BCUT2D eigenvalue weighted by Gasteiger charge is -2.21. The molecule has 15 N–H and O–H groups in total. The molecule has 8 heterocycles. The Morgan fingerprint density at radius 3 is 1.51 bits per heavy atom. The highest BCUT2D eigenvalue weighted by Gasteiger charge is 2.47. The Labute approximate surface area is 808 Å². The van der Waals surface area contributed by atoms with Crippen LogP contribution in [0.4, 0.5) is 33.6 Å². The number of benzene rings is 3. The molecule has 42 nitrogen and oxygen atoms in total. The molecule has 0 spiro atoms. The van der Waals surface area contributed by atoms with E-state index in [4.69, 9.17) is 20.6 Å². The molecule has 0 saturated heterocycles. The van der Waals surface area contributed by atoms with Crippen LogP contribution in [0.3, 0.4) is 0 Å². The number of anilines is 2. The Morgan fingerprint density at radius 2 is 0.943 bits per heavy atom. The molecule has 750 valence electrons. The molecular formula is C88H101BrF5N21O21S4. The summed E-state index contributed by atoms with van der Waals surface area (Å²) in [6, 6.07) is 22.7. The van der Waals surface area contributed by atoms with Crippen molar-refractivity contribution in [2.75, 3.05) is 37.1 Å². The number of nitrogens with two attached hydrogens (primary N) is 4. The monoisotopic (exact) mass is 2090 g/mol. The van der Waals surface area contributed by atoms with E-state index in [1.54, 1.807) is 36.7 Å². The van der Waals surface area contributed by atoms with E-state index in [1.807, 2.05) is 52.7 Å². The number of halogens is 6. The second-order valence-electron chi connectivity index (χ2n) is 34.6. The summed E-state index contributed by atoms with van der Waals surface area (Å²) < 4.78 is 184. The number of nitrogens with zero attached hydrogens (tertiary/aromatic N) is 15. The van der Waals surface area contributed by atoms with Gasteiger partial charge in [0.05, 0.1) is 114 Å². The van der Waals surface area contributed by atoms with E-state index < -0.39 is 169 Å². The van der Waals surface area contributed by atoms with Crippen molar-refractivity contribution in [2.45, 2.75) is 165 Å². The number of alkyl halides is 2. The van der Waals surface area contributed by atoms with E-state index in [9.17, 15) is 100 Å². The molecule has 15 atom stereocenters. The Hall–Kier alpha value is -11.4. The van der Waals surface area contributed by atoms with E-state index >= 15 is 0 Å². The predicted octanol–water partition coefficient (Wildman–Crippen LogP) is 5.14. The van der Waals surface area contributed by atoms with Gasteiger partial charge in [-0.15, -0.1) is 0 Å². The lowest BCUT2D eigenvalue weighted by molar-refractivity contribution is -0.00334. The van der Waals surface area contributed by atoms with Crippen molar-refractivity contribution in [3.05, 3.63) is 266 Å². The molecule has 5 saturated carbocycles. The van der Waals surface area contributed by atoms with Crippen molar-refractivity contribution in [3.8, 4) is 0 Å². The van der Waals surface area contributed by atoms with Crippen LogP contribution >= 0.6 is 15.9 Å². The SMILES string of the molecule is Cc1cc(C(=O)c2cncnc2N[C@@H]2C[C@H](COS(N)(=O)=O)[C@@H](O)[C@@H]2F)cn1Cc1ccccc1.NS(=O)(=O)OC[C@H]1C[C@@H](Cc2ncncc2C(=O)c2ccn(Cc3cc(F)ccc3F)n2)[C@H](O)[C@@H]1O.NS(=O)(=O)OC[C@H]1C[C@@H](Cc2ncncc2C(=O)c2ccn(Cc3ccc(F)c(Br)c3)n2)[C@@H](F)[C@@H]1O.NS(=O)(=O)OC[C@H]1C[C@@H](Nc2ncncc2C(=O)c2ccn(CC3CCCCC3)n2)C[C@@H]1O. The lowest BCUT2D eigenvalue weighted by Crippen LogP contribution is -2.33. The molecule has 5 aliphatic carbocycles. The second-order valence-corrected chi connectivity index (χ2v) is 40.4. The van der Waals surface area contributed by atoms with Gasteiger partial charge in [-0.1, -0.05) is 55.7 Å². The molecule has 52 heteroatoms. The number of aromatic nitrogens is 15. The summed E-state index contributed by atoms with van der Waals surface area (Å²) in [4.78, 5) is 85.2. The smallest absolute Gasteiger partial charge is 0.333 e. The highest BCUT2D eigenvalue weighted by atomic mass is 79.9. The number of carbonyl (C=O) groups is 4. The van der Waals surface area contributed by atoms with E-state index in [1.165, 1.54) is 116 Å². The third-order valence-electron chi connectivity index (χ3n) is 24.6. The zero-order valence-electron chi connectivity index (χ0n) is 74.7. The zero-order chi connectivity index (χ0) is 101. The number of hydrogen-bond donors (Lipinski definition) is 11. The number of aliphatic hydroxyl groups is 5. The summed E-state index contributed by atoms with van der Waals surface area (Å²) in [6.07, 6.45) is 15.0. The average Bonchev–Trinajstić information content (AvgIpc) is 1.66. The third-order valence-corrected chi connectivity index (χ3v) is 27.0. The summed E-state index contributed by atoms with van der Waals surface area (Å²) in [5.74, 6) is -6.12. The zero-order valence-corrected chi connectivity index (χ0v) is 79.5. The van der Waals surface area contributed by atoms with Crippen molar-refractivity contribution in [2.24, 2.45) is 62.0 Å². The molecule has 11 aromatic rings. The van der Waals surface area contributed by atoms with Crippen molar-refractivity contribution in [1.82, 2.24) is 73.8 Å². The molecule has 0 bridgehead atoms. The number of hydrogen-bond acceptors (Lipinski definition) is 34. The third kappa shape index (κ3) is 29.2. The largest absolute Gasteiger partial charge is 0.393 e. The summed E-state index contributed by atoms with van der Waals surface area (Å²) in [5, 5.41) is 89.7. The quantitative estimate of drug-likeness (QED) is 0.0179. The highest BCUT2D eigenvalue weighted by molar-refractivity contribution is 9.10. The minimum absolute atomic E-state index is 0.0119. The van der Waals surface area contributed by atoms with E-state index in [-0.39, 0.29) is 114 Å². The molecule has 5 aliphatic rings. The van der Waals surface area contributed by atoms with Crippen LogP contribution in [0.2, 0.25) is 0 Å². The molecule has 140 heavy (non-hydrogen) atoms. The average molecular weight is 2090 g/mol. The summed E-state index contributed by atoms with van der Waals surface area (Å²) in [7, 11) is -16.7. The van der Waals surface area contributed by atoms with Gasteiger partial charge in [0, 0.05) is 109 Å². The van der Waals surface area contributed by atoms with Crippen molar-refractivity contribution in [1.29, 1.82) is 0 Å². The van der Waals surface area contributed by atoms with Crippen LogP contribution in [0.25, 0.3) is 0 Å². The predicted molar refractivity (Wildman–Crippen MR) is 491 cm³/mol. The molecule has 0 unspecified atom stereocenters. The van der Waals surface area contributed by atoms with E-state index in [2.05, 4.69) is 98.5 Å². The number of carbonyl (C=O) groups excluding carboxylic acids is 4. The fourth-order valence-corrected chi connectivity index (χ4v) is 19.4. The standard InChI is InChI=1S/C23H26FN5O5S.C22H22BrF2N5O5S.C22H23F2N5O6S.C21H30N6O5S/c1-14-7-16(11-29(14)10-15-5-3-2-4-6-15)21(30)18-9-26-13-27-23(18)28-19-8-17(22(31)20(19)24)12-34-35(25,32)33;23-16-5-12(1-2-17(16)24)9-30-4-3-18(29-30)22(32)15-8-27-11-28-19(15)7-13-6-14(21(31)20(13)25)10-35-36(26,33)34;23-15-1-2-17(24)13(6-15)9-29-4-3-18(28-29)22(32)16-8-26-11-27-19(16)7-12-5-14(21(31)20(12)30)10-35-36(25,33)34;22-33(30,31)32-12-15-8-16(9-19(15)28)25-21-17(10-23-13-24-21)20(29)18-6-7-27(26-18)11-14-4-2-1-3-5-14/h2-7,9,11,13,17,19-20,22,31H,8,10,12H2,1H3,(H2,25,32,33)(H,26,27,28);1-5,8,11,13-14,20-21,31H,6-7,9-10H2,(H2,26,33,34);1-4,6,8,11-12,14,20-21,30-31H,5,7,9-10H2,(H2,25,33,34);6-7,10,13-16,19,28H,1-5,8-9,11-12H2,(H2,22,30,31)(H,23,24,25)/t17-,19-,20-,22-;13-,14+,20+,21+;12-,14+,20-,21+;15-,16-,19+/m1001/s1. The fraction of sp³-hybridized carbons (Fsp3) is 0.420. The molecular weight excluding hydrogens is 1990 g/mol. The highest BCUT2D eigenvalue weighted by Crippen LogP contribution is 2.40. The first-order valence-electron chi connectivity index (χ1n) is 43.9. The Balaban J connectivity index is 0.000000157. The number of rotatable bonds is 36. The van der Waals surface area contributed by atoms with Crippen LogP contribution in [-0.2, 0) is 97.0 Å². The number of aryl methyl sites for hydroxylation is 1. The second kappa shape index (κ2) is 47.0. The van der Waals surface area contributed by atoms with Crippen LogP contribution < -0.4 is 31.2 Å². The van der Waals surface area contributed by atoms with Gasteiger partial charge in [0.25, 0.3) is 0 Å². The number of ketones is 4. The topological polar surface area (TPSA) is 633 Å². The maximum Gasteiger partial charge on any atom is 0.333 e. The first kappa shape index (κ1) is 106. The van der Waals surface area contributed by atoms with Gasteiger partial charge in [-0.3, -0.25) is 50.0 Å². The molecule has 0 amide bonds. The number of aliphatic hydroxyl groups excluding tert-OH is 5. The summed E-state index contributed by atoms with van der Waals surface area (Å²) in [6.45, 7) is 2.01. The van der Waals surface area contributed by atoms with Gasteiger partial charge in [0.15, 0.2) is 5.78 Å². The molecule has 16 rings (SSSR count). The Kier molecular flexibility index (Phi) is 35.5. The van der Waals surface area contributed by atoms with Crippen LogP contribution in [0.15, 0.2) is 170 Å². The van der Waals surface area contributed by atoms with Gasteiger partial charge in [-0.05, 0) is 164 Å². The van der Waals surface area contributed by atoms with Gasteiger partial charge in [0.1, 0.15) is 83.8 Å². The van der Waals surface area contributed by atoms with E-state index in [0.29, 0.717) is 64.7 Å². The minimum Gasteiger partial charge on any atom is -0.393 e. The van der Waals surface area contributed by atoms with Gasteiger partial charge in [-0.2, -0.15) is 49.0 Å². The van der Waals surface area contributed by atoms with Gasteiger partial charge < -0.3 is 40.7 Å². The van der Waals surface area contributed by atoms with Crippen molar-refractivity contribution in [3.63, 3.8) is 0 Å². The molecule has 8 aromatic heterocycles. The van der Waals surface area contributed by atoms with Gasteiger partial charge >= 0.3 is 41.2 Å². The van der Waals surface area contributed by atoms with Gasteiger partial charge in [-0.25, -0.2) is 82.4 Å². The summed E-state index contributed by atoms with van der Waals surface area (Å²) >= 11 is 3.14. The maximum absolute atomic E-state index is 14.8. The molecule has 5 fully saturated rings. The van der Waals surface area contributed by atoms with Crippen LogP contribution in [-0.4, -0.2) is 237 Å². The Morgan fingerprint density at radius 1 is 0.471 bits per heavy atom. The Bertz CT molecular complexity index is 6680. The van der Waals surface area contributed by atoms with Crippen molar-refractivity contribution < 1.29 is 117 Å². The first-order chi connectivity index (χ1) is 66.4. The normalized spacial score (nSPS) is 22.6. The number of nitrogens with one attached hydrogen (secondary N) is 2. The van der Waals surface area contributed by atoms with E-state index in [0.717, 1.165) is 41.6 Å². The van der Waals surface area contributed by atoms with Gasteiger partial charge in [0.2, 0.25) is 17.3 Å². The molecule has 0 aliphatic heterocycles. The maximum atomic E-state index is 14.8. The summed E-state index contributed by atoms with van der Waals surface area (Å²) in [5.41, 5.74) is 4.98. The first-order valence-corrected chi connectivity index (χ1v) is 50.6. The molecule has 0 radical (unpaired) electrons.